The van der Waals surface area contributed by atoms with E-state index in [1.54, 1.807) is 0 Å². The van der Waals surface area contributed by atoms with Crippen molar-refractivity contribution in [2.75, 3.05) is 5.32 Å². The lowest BCUT2D eigenvalue weighted by molar-refractivity contribution is 0.255. The molecule has 0 saturated carbocycles. The zero-order chi connectivity index (χ0) is 9.68. The summed E-state index contributed by atoms with van der Waals surface area (Å²) in [6, 6.07) is 7.24. The topological polar surface area (TPSA) is 41.1 Å². The molecule has 2 amide bonds. The quantitative estimate of drug-likeness (QED) is 0.807. The highest BCUT2D eigenvalue weighted by molar-refractivity contribution is 14.1. The number of hydrogen-bond donors (Lipinski definition) is 2. The molecule has 0 atom stereocenters. The van der Waals surface area contributed by atoms with E-state index in [-0.39, 0.29) is 6.03 Å². The predicted molar refractivity (Wildman–Crippen MR) is 61.5 cm³/mol. The van der Waals surface area contributed by atoms with Crippen molar-refractivity contribution >= 4 is 34.3 Å². The Hall–Kier alpha value is -1.04. The molecular weight excluding hydrogens is 279 g/mol. The highest BCUT2D eigenvalue weighted by Crippen LogP contribution is 2.10. The summed E-state index contributed by atoms with van der Waals surface area (Å²) in [6.45, 7) is 3.38. The number of carbonyl (C=O) groups is 1. The first-order valence-electron chi connectivity index (χ1n) is 3.66. The Kier molecular flexibility index (Phi) is 3.75. The fraction of sp³-hybridized carbons (Fsp3) is 0. The minimum absolute atomic E-state index is 0.281. The second-order valence-corrected chi connectivity index (χ2v) is 3.56. The van der Waals surface area contributed by atoms with Gasteiger partial charge in [0.25, 0.3) is 0 Å². The average Bonchev–Trinajstić information content (AvgIpc) is 2.09. The van der Waals surface area contributed by atoms with Crippen molar-refractivity contribution in [2.24, 2.45) is 0 Å². The summed E-state index contributed by atoms with van der Waals surface area (Å²) in [5.74, 6) is 0. The lowest BCUT2D eigenvalue weighted by Gasteiger charge is -2.03. The Balaban J connectivity index is 2.59. The summed E-state index contributed by atoms with van der Waals surface area (Å²) >= 11 is 2.20. The first kappa shape index (κ1) is 10.0. The molecule has 0 bridgehead atoms. The lowest BCUT2D eigenvalue weighted by atomic mass is 10.3. The molecule has 0 radical (unpaired) electrons. The molecule has 0 heterocycles. The minimum Gasteiger partial charge on any atom is -0.315 e. The molecule has 2 N–H and O–H groups in total. The second-order valence-electron chi connectivity index (χ2n) is 2.31. The molecule has 0 spiro atoms. The van der Waals surface area contributed by atoms with Crippen molar-refractivity contribution in [2.45, 2.75) is 0 Å². The van der Waals surface area contributed by atoms with Crippen LogP contribution in [0.25, 0.3) is 0 Å². The van der Waals surface area contributed by atoms with Gasteiger partial charge in [0.05, 0.1) is 0 Å². The van der Waals surface area contributed by atoms with Crippen molar-refractivity contribution in [1.82, 2.24) is 5.32 Å². The van der Waals surface area contributed by atoms with Crippen LogP contribution >= 0.6 is 22.6 Å². The molecule has 68 valence electrons. The maximum absolute atomic E-state index is 11.0. The maximum atomic E-state index is 11.0. The number of nitrogens with one attached hydrogen (secondary N) is 2. The first-order chi connectivity index (χ1) is 6.22. The summed E-state index contributed by atoms with van der Waals surface area (Å²) in [7, 11) is 0. The molecule has 0 aliphatic rings. The van der Waals surface area contributed by atoms with Gasteiger partial charge in [-0.3, -0.25) is 0 Å². The summed E-state index contributed by atoms with van der Waals surface area (Å²) < 4.78 is 1.13. The van der Waals surface area contributed by atoms with Gasteiger partial charge in [0, 0.05) is 9.26 Å². The smallest absolute Gasteiger partial charge is 0.315 e. The van der Waals surface area contributed by atoms with Crippen LogP contribution in [0.15, 0.2) is 37.0 Å². The van der Waals surface area contributed by atoms with E-state index in [4.69, 9.17) is 0 Å². The molecule has 1 aromatic rings. The van der Waals surface area contributed by atoms with Crippen LogP contribution in [0.3, 0.4) is 0 Å². The Labute approximate surface area is 90.4 Å². The number of carbonyl (C=O) groups excluding carboxylic acids is 1. The molecule has 13 heavy (non-hydrogen) atoms. The maximum Gasteiger partial charge on any atom is 0.323 e. The van der Waals surface area contributed by atoms with E-state index < -0.39 is 0 Å². The SMILES string of the molecule is C=CNC(=O)Nc1ccc(I)cc1. The molecule has 4 heteroatoms. The molecule has 0 aromatic heterocycles. The van der Waals surface area contributed by atoms with Crippen molar-refractivity contribution in [3.63, 3.8) is 0 Å². The third-order valence-electron chi connectivity index (χ3n) is 1.34. The molecule has 1 rings (SSSR count). The summed E-state index contributed by atoms with van der Waals surface area (Å²) in [6.07, 6.45) is 1.34. The monoisotopic (exact) mass is 288 g/mol. The zero-order valence-electron chi connectivity index (χ0n) is 6.88. The van der Waals surface area contributed by atoms with E-state index in [0.717, 1.165) is 9.26 Å². The molecule has 0 fully saturated rings. The predicted octanol–water partition coefficient (Wildman–Crippen LogP) is 2.56. The number of anilines is 1. The van der Waals surface area contributed by atoms with Crippen LogP contribution in [-0.4, -0.2) is 6.03 Å². The van der Waals surface area contributed by atoms with Gasteiger partial charge < -0.3 is 10.6 Å². The van der Waals surface area contributed by atoms with Crippen LogP contribution in [0.2, 0.25) is 0 Å². The third kappa shape index (κ3) is 3.45. The molecule has 3 nitrogen and oxygen atoms in total. The van der Waals surface area contributed by atoms with E-state index in [1.807, 2.05) is 24.3 Å². The highest BCUT2D eigenvalue weighted by Gasteiger charge is 1.97. The molecule has 0 aliphatic heterocycles. The van der Waals surface area contributed by atoms with Crippen molar-refractivity contribution < 1.29 is 4.79 Å². The molecule has 0 aliphatic carbocycles. The van der Waals surface area contributed by atoms with Crippen molar-refractivity contribution in [3.8, 4) is 0 Å². The second kappa shape index (κ2) is 4.86. The van der Waals surface area contributed by atoms with E-state index in [0.29, 0.717) is 0 Å². The standard InChI is InChI=1S/C9H9IN2O/c1-2-11-9(13)12-8-5-3-7(10)4-6-8/h2-6H,1H2,(H2,11,12,13). The number of urea groups is 1. The van der Waals surface area contributed by atoms with Crippen LogP contribution in [0.1, 0.15) is 0 Å². The van der Waals surface area contributed by atoms with Gasteiger partial charge >= 0.3 is 6.03 Å². The number of amides is 2. The van der Waals surface area contributed by atoms with E-state index >= 15 is 0 Å². The van der Waals surface area contributed by atoms with Crippen molar-refractivity contribution in [3.05, 3.63) is 40.6 Å². The van der Waals surface area contributed by atoms with Crippen LogP contribution in [0.4, 0.5) is 10.5 Å². The van der Waals surface area contributed by atoms with Gasteiger partial charge in [-0.15, -0.1) is 0 Å². The third-order valence-corrected chi connectivity index (χ3v) is 2.05. The van der Waals surface area contributed by atoms with E-state index in [9.17, 15) is 4.79 Å². The van der Waals surface area contributed by atoms with Gasteiger partial charge in [-0.25, -0.2) is 4.79 Å². The highest BCUT2D eigenvalue weighted by atomic mass is 127. The number of benzene rings is 1. The summed E-state index contributed by atoms with van der Waals surface area (Å²) in [5, 5.41) is 5.07. The van der Waals surface area contributed by atoms with Crippen LogP contribution in [0.5, 0.6) is 0 Å². The van der Waals surface area contributed by atoms with Gasteiger partial charge in [0.2, 0.25) is 0 Å². The number of hydrogen-bond acceptors (Lipinski definition) is 1. The Morgan fingerprint density at radius 3 is 2.54 bits per heavy atom. The van der Waals surface area contributed by atoms with Gasteiger partial charge in [-0.05, 0) is 53.1 Å². The Bertz CT molecular complexity index is 308. The van der Waals surface area contributed by atoms with Gasteiger partial charge in [0.1, 0.15) is 0 Å². The van der Waals surface area contributed by atoms with Crippen LogP contribution in [-0.2, 0) is 0 Å². The molecule has 0 unspecified atom stereocenters. The van der Waals surface area contributed by atoms with Crippen molar-refractivity contribution in [1.29, 1.82) is 0 Å². The van der Waals surface area contributed by atoms with Crippen LogP contribution < -0.4 is 10.6 Å². The van der Waals surface area contributed by atoms with Gasteiger partial charge in [-0.1, -0.05) is 6.58 Å². The largest absolute Gasteiger partial charge is 0.323 e. The van der Waals surface area contributed by atoms with Gasteiger partial charge in [0.15, 0.2) is 0 Å². The number of rotatable bonds is 2. The normalized spacial score (nSPS) is 9.00. The summed E-state index contributed by atoms with van der Waals surface area (Å²) in [5.41, 5.74) is 0.764. The van der Waals surface area contributed by atoms with Gasteiger partial charge in [-0.2, -0.15) is 0 Å². The van der Waals surface area contributed by atoms with E-state index in [1.165, 1.54) is 6.20 Å². The van der Waals surface area contributed by atoms with E-state index in [2.05, 4.69) is 39.8 Å². The fourth-order valence-corrected chi connectivity index (χ4v) is 1.15. The average molecular weight is 288 g/mol. The van der Waals surface area contributed by atoms with Crippen LogP contribution in [0, 0.1) is 3.57 Å². The fourth-order valence-electron chi connectivity index (χ4n) is 0.793. The summed E-state index contributed by atoms with van der Waals surface area (Å²) in [4.78, 5) is 11.0. The molecule has 1 aromatic carbocycles. The minimum atomic E-state index is -0.281. The number of halogens is 1. The Morgan fingerprint density at radius 1 is 1.38 bits per heavy atom. The zero-order valence-corrected chi connectivity index (χ0v) is 9.04. The lowest BCUT2D eigenvalue weighted by Crippen LogP contribution is -2.23. The first-order valence-corrected chi connectivity index (χ1v) is 4.74. The Morgan fingerprint density at radius 2 is 2.00 bits per heavy atom. The molecular formula is C9H9IN2O. The molecule has 0 saturated heterocycles.